The molecule has 0 bridgehead atoms. The van der Waals surface area contributed by atoms with E-state index >= 15 is 0 Å². The predicted molar refractivity (Wildman–Crippen MR) is 42.7 cm³/mol. The molecule has 68 valence electrons. The van der Waals surface area contributed by atoms with Gasteiger partial charge in [-0.15, -0.1) is 0 Å². The van der Waals surface area contributed by atoms with Gasteiger partial charge in [-0.2, -0.15) is 0 Å². The number of rotatable bonds is 1. The van der Waals surface area contributed by atoms with Crippen molar-refractivity contribution in [2.45, 2.75) is 18.8 Å². The summed E-state index contributed by atoms with van der Waals surface area (Å²) in [7, 11) is 0. The average Bonchev–Trinajstić information content (AvgIpc) is 2.69. The summed E-state index contributed by atoms with van der Waals surface area (Å²) >= 11 is 0. The minimum atomic E-state index is -0.0635. The topological polar surface area (TPSA) is 42.7 Å². The van der Waals surface area contributed by atoms with Gasteiger partial charge in [0.15, 0.2) is 0 Å². The van der Waals surface area contributed by atoms with Gasteiger partial charge in [0.25, 0.3) is 0 Å². The molecular weight excluding hydrogens is 170 g/mol. The molecule has 1 amide bonds. The lowest BCUT2D eigenvalue weighted by Gasteiger charge is -2.31. The standard InChI is InChI=1S/C9H9NO3/c11-8-4-9-10(8)5-7(13-9)6-2-1-3-12-6/h1-3,7,9H,4-5H2/t7-,9+/m1/s1. The SMILES string of the molecule is O=C1C[C@@H]2O[C@@H](c3ccco3)CN12. The summed E-state index contributed by atoms with van der Waals surface area (Å²) in [6.07, 6.45) is 2.09. The van der Waals surface area contributed by atoms with Crippen LogP contribution in [0, 0.1) is 0 Å². The summed E-state index contributed by atoms with van der Waals surface area (Å²) in [6, 6.07) is 3.71. The second-order valence-corrected chi connectivity index (χ2v) is 3.35. The molecule has 0 N–H and O–H groups in total. The van der Waals surface area contributed by atoms with E-state index in [-0.39, 0.29) is 18.2 Å². The van der Waals surface area contributed by atoms with Crippen molar-refractivity contribution in [2.75, 3.05) is 6.54 Å². The van der Waals surface area contributed by atoms with Crippen molar-refractivity contribution in [3.8, 4) is 0 Å². The third-order valence-electron chi connectivity index (χ3n) is 2.56. The third kappa shape index (κ3) is 0.920. The molecule has 1 aromatic heterocycles. The molecule has 3 heterocycles. The summed E-state index contributed by atoms with van der Waals surface area (Å²) in [5.41, 5.74) is 0. The van der Waals surface area contributed by atoms with Gasteiger partial charge in [-0.05, 0) is 12.1 Å². The van der Waals surface area contributed by atoms with E-state index in [1.165, 1.54) is 0 Å². The minimum Gasteiger partial charge on any atom is -0.467 e. The van der Waals surface area contributed by atoms with Crippen LogP contribution in [0.5, 0.6) is 0 Å². The molecule has 0 aliphatic carbocycles. The predicted octanol–water partition coefficient (Wildman–Crippen LogP) is 0.909. The first-order valence-electron chi connectivity index (χ1n) is 4.33. The Hall–Kier alpha value is -1.29. The molecule has 0 saturated carbocycles. The Morgan fingerprint density at radius 3 is 3.08 bits per heavy atom. The van der Waals surface area contributed by atoms with Crippen molar-refractivity contribution in [3.05, 3.63) is 24.2 Å². The van der Waals surface area contributed by atoms with Gasteiger partial charge in [-0.25, -0.2) is 0 Å². The molecule has 0 radical (unpaired) electrons. The van der Waals surface area contributed by atoms with Crippen molar-refractivity contribution in [3.63, 3.8) is 0 Å². The molecule has 2 atom stereocenters. The van der Waals surface area contributed by atoms with Crippen LogP contribution in [0.15, 0.2) is 22.8 Å². The lowest BCUT2D eigenvalue weighted by Crippen LogP contribution is -2.48. The van der Waals surface area contributed by atoms with Gasteiger partial charge in [0, 0.05) is 0 Å². The van der Waals surface area contributed by atoms with Crippen LogP contribution in [0.25, 0.3) is 0 Å². The third-order valence-corrected chi connectivity index (χ3v) is 2.56. The Balaban J connectivity index is 1.80. The van der Waals surface area contributed by atoms with E-state index in [4.69, 9.17) is 9.15 Å². The Morgan fingerprint density at radius 2 is 2.46 bits per heavy atom. The van der Waals surface area contributed by atoms with E-state index in [0.717, 1.165) is 5.76 Å². The van der Waals surface area contributed by atoms with Gasteiger partial charge >= 0.3 is 0 Å². The number of carbonyl (C=O) groups is 1. The summed E-state index contributed by atoms with van der Waals surface area (Å²) in [6.45, 7) is 0.636. The summed E-state index contributed by atoms with van der Waals surface area (Å²) < 4.78 is 10.8. The summed E-state index contributed by atoms with van der Waals surface area (Å²) in [5.74, 6) is 0.987. The van der Waals surface area contributed by atoms with Crippen molar-refractivity contribution in [2.24, 2.45) is 0 Å². The molecular formula is C9H9NO3. The van der Waals surface area contributed by atoms with Gasteiger partial charge < -0.3 is 14.1 Å². The number of β-lactam (4-membered cyclic amide) rings is 1. The number of hydrogen-bond acceptors (Lipinski definition) is 3. The lowest BCUT2D eigenvalue weighted by molar-refractivity contribution is -0.156. The molecule has 0 aromatic carbocycles. The number of fused-ring (bicyclic) bond motifs is 1. The second-order valence-electron chi connectivity index (χ2n) is 3.35. The van der Waals surface area contributed by atoms with Gasteiger partial charge in [0.05, 0.1) is 19.2 Å². The molecule has 2 fully saturated rings. The maximum absolute atomic E-state index is 11.0. The number of ether oxygens (including phenoxy) is 1. The van der Waals surface area contributed by atoms with Crippen LogP contribution in [0.4, 0.5) is 0 Å². The van der Waals surface area contributed by atoms with E-state index in [0.29, 0.717) is 13.0 Å². The number of amides is 1. The number of furan rings is 1. The Bertz CT molecular complexity index is 333. The van der Waals surface area contributed by atoms with Crippen molar-refractivity contribution < 1.29 is 13.9 Å². The van der Waals surface area contributed by atoms with Crippen LogP contribution in [0.3, 0.4) is 0 Å². The molecule has 0 unspecified atom stereocenters. The van der Waals surface area contributed by atoms with Crippen molar-refractivity contribution >= 4 is 5.91 Å². The normalized spacial score (nSPS) is 31.7. The second kappa shape index (κ2) is 2.35. The lowest BCUT2D eigenvalue weighted by atomic mass is 10.2. The minimum absolute atomic E-state index is 0.00241. The van der Waals surface area contributed by atoms with Crippen LogP contribution < -0.4 is 0 Å². The quantitative estimate of drug-likeness (QED) is 0.602. The fraction of sp³-hybridized carbons (Fsp3) is 0.444. The Kier molecular flexibility index (Phi) is 1.29. The molecule has 2 aliphatic rings. The fourth-order valence-electron chi connectivity index (χ4n) is 1.81. The van der Waals surface area contributed by atoms with E-state index in [9.17, 15) is 4.79 Å². The largest absolute Gasteiger partial charge is 0.467 e. The first kappa shape index (κ1) is 7.15. The number of nitrogens with zero attached hydrogens (tertiary/aromatic N) is 1. The molecule has 2 aliphatic heterocycles. The summed E-state index contributed by atoms with van der Waals surface area (Å²) in [4.78, 5) is 12.8. The highest BCUT2D eigenvalue weighted by Crippen LogP contribution is 2.36. The Labute approximate surface area is 75.1 Å². The maximum atomic E-state index is 11.0. The highest BCUT2D eigenvalue weighted by molar-refractivity contribution is 5.83. The number of hydrogen-bond donors (Lipinski definition) is 0. The van der Waals surface area contributed by atoms with Crippen LogP contribution in [0.2, 0.25) is 0 Å². The molecule has 4 nitrogen and oxygen atoms in total. The van der Waals surface area contributed by atoms with E-state index in [2.05, 4.69) is 0 Å². The van der Waals surface area contributed by atoms with Gasteiger partial charge in [0.2, 0.25) is 5.91 Å². The average molecular weight is 179 g/mol. The zero-order chi connectivity index (χ0) is 8.84. The van der Waals surface area contributed by atoms with E-state index in [1.54, 1.807) is 11.2 Å². The van der Waals surface area contributed by atoms with Gasteiger partial charge in [0.1, 0.15) is 18.1 Å². The number of carbonyl (C=O) groups excluding carboxylic acids is 1. The van der Waals surface area contributed by atoms with E-state index in [1.807, 2.05) is 12.1 Å². The molecule has 3 rings (SSSR count). The van der Waals surface area contributed by atoms with Crippen LogP contribution in [-0.4, -0.2) is 23.6 Å². The molecule has 4 heteroatoms. The zero-order valence-corrected chi connectivity index (χ0v) is 6.97. The summed E-state index contributed by atoms with van der Waals surface area (Å²) in [5, 5.41) is 0. The van der Waals surface area contributed by atoms with Crippen LogP contribution in [0.1, 0.15) is 18.3 Å². The molecule has 13 heavy (non-hydrogen) atoms. The van der Waals surface area contributed by atoms with Crippen LogP contribution in [-0.2, 0) is 9.53 Å². The smallest absolute Gasteiger partial charge is 0.229 e. The highest BCUT2D eigenvalue weighted by Gasteiger charge is 2.46. The first-order valence-corrected chi connectivity index (χ1v) is 4.33. The highest BCUT2D eigenvalue weighted by atomic mass is 16.5. The molecule has 2 saturated heterocycles. The van der Waals surface area contributed by atoms with Gasteiger partial charge in [-0.1, -0.05) is 0 Å². The van der Waals surface area contributed by atoms with Crippen LogP contribution >= 0.6 is 0 Å². The first-order chi connectivity index (χ1) is 6.34. The monoisotopic (exact) mass is 179 g/mol. The molecule has 1 aromatic rings. The van der Waals surface area contributed by atoms with Crippen molar-refractivity contribution in [1.29, 1.82) is 0 Å². The van der Waals surface area contributed by atoms with Crippen molar-refractivity contribution in [1.82, 2.24) is 4.90 Å². The van der Waals surface area contributed by atoms with Gasteiger partial charge in [-0.3, -0.25) is 4.79 Å². The zero-order valence-electron chi connectivity index (χ0n) is 6.97. The fourth-order valence-corrected chi connectivity index (χ4v) is 1.81. The van der Waals surface area contributed by atoms with E-state index < -0.39 is 0 Å². The maximum Gasteiger partial charge on any atom is 0.229 e. The molecule has 0 spiro atoms. The Morgan fingerprint density at radius 1 is 1.54 bits per heavy atom.